The van der Waals surface area contributed by atoms with Crippen LogP contribution in [0.4, 0.5) is 8.78 Å². The van der Waals surface area contributed by atoms with E-state index in [0.29, 0.717) is 34.4 Å². The van der Waals surface area contributed by atoms with Gasteiger partial charge in [-0.2, -0.15) is 0 Å². The molecule has 0 bridgehead atoms. The average molecular weight is 460 g/mol. The second-order valence-electron chi connectivity index (χ2n) is 7.96. The molecule has 0 spiro atoms. The molecular weight excluding hydrogens is 433 g/mol. The number of hydrogen-bond donors (Lipinski definition) is 2. The first-order chi connectivity index (χ1) is 15.1. The highest BCUT2D eigenvalue weighted by Gasteiger charge is 2.20. The fourth-order valence-electron chi connectivity index (χ4n) is 3.65. The summed E-state index contributed by atoms with van der Waals surface area (Å²) < 4.78 is 46.6. The van der Waals surface area contributed by atoms with Gasteiger partial charge in [0.1, 0.15) is 23.1 Å². The molecule has 3 aromatic rings. The minimum Gasteiger partial charge on any atom is -0.457 e. The van der Waals surface area contributed by atoms with E-state index in [4.69, 9.17) is 4.74 Å². The van der Waals surface area contributed by atoms with Gasteiger partial charge in [0.25, 0.3) is 0 Å². The molecule has 0 radical (unpaired) electrons. The van der Waals surface area contributed by atoms with Gasteiger partial charge in [0.05, 0.1) is 5.30 Å². The van der Waals surface area contributed by atoms with Crippen molar-refractivity contribution in [2.45, 2.75) is 46.5 Å². The number of hydrogen-bond acceptors (Lipinski definition) is 2. The normalized spacial score (nSPS) is 11.6. The minimum absolute atomic E-state index is 0.0958. The van der Waals surface area contributed by atoms with Crippen molar-refractivity contribution in [3.05, 3.63) is 76.9 Å². The minimum atomic E-state index is -4.38. The molecule has 0 saturated carbocycles. The fourth-order valence-corrected chi connectivity index (χ4v) is 4.37. The number of ether oxygens (including phenoxy) is 1. The lowest BCUT2D eigenvalue weighted by molar-refractivity contribution is 0.387. The molecular formula is C25H27F2O4P. The maximum absolute atomic E-state index is 14.8. The van der Waals surface area contributed by atoms with Crippen molar-refractivity contribution in [2.24, 2.45) is 0 Å². The fraction of sp³-hybridized carbons (Fsp3) is 0.280. The van der Waals surface area contributed by atoms with Crippen molar-refractivity contribution in [3.8, 4) is 22.6 Å². The van der Waals surface area contributed by atoms with E-state index in [2.05, 4.69) is 6.92 Å². The predicted molar refractivity (Wildman–Crippen MR) is 123 cm³/mol. The van der Waals surface area contributed by atoms with E-state index in [-0.39, 0.29) is 22.4 Å². The molecule has 0 aromatic heterocycles. The second kappa shape index (κ2) is 9.95. The smallest absolute Gasteiger partial charge is 0.356 e. The first-order valence-corrected chi connectivity index (χ1v) is 12.1. The van der Waals surface area contributed by atoms with Gasteiger partial charge in [-0.3, -0.25) is 4.57 Å². The summed E-state index contributed by atoms with van der Waals surface area (Å²) in [4.78, 5) is 18.8. The molecule has 3 aromatic carbocycles. The largest absolute Gasteiger partial charge is 0.457 e. The summed E-state index contributed by atoms with van der Waals surface area (Å²) in [5, 5.41) is -0.0958. The summed E-state index contributed by atoms with van der Waals surface area (Å²) in [6, 6.07) is 11.8. The SMILES string of the molecule is CCCCCc1ccc(-c2ccc(Oc3c(C)cc(P(=O)(O)O)cc3C)cc2F)cc1F. The van der Waals surface area contributed by atoms with Crippen LogP contribution in [0.25, 0.3) is 11.1 Å². The lowest BCUT2D eigenvalue weighted by Gasteiger charge is -2.15. The van der Waals surface area contributed by atoms with Crippen LogP contribution in [0.3, 0.4) is 0 Å². The van der Waals surface area contributed by atoms with Crippen LogP contribution in [-0.2, 0) is 11.0 Å². The second-order valence-corrected chi connectivity index (χ2v) is 9.56. The summed E-state index contributed by atoms with van der Waals surface area (Å²) in [7, 11) is -4.38. The molecule has 2 N–H and O–H groups in total. The Bertz CT molecular complexity index is 1150. The summed E-state index contributed by atoms with van der Waals surface area (Å²) in [6.07, 6.45) is 3.68. The van der Waals surface area contributed by atoms with Gasteiger partial charge in [-0.1, -0.05) is 31.9 Å². The van der Waals surface area contributed by atoms with Gasteiger partial charge in [0.15, 0.2) is 0 Å². The van der Waals surface area contributed by atoms with Crippen molar-refractivity contribution in [1.29, 1.82) is 0 Å². The Kier molecular flexibility index (Phi) is 7.50. The monoisotopic (exact) mass is 460 g/mol. The Morgan fingerprint density at radius 2 is 1.59 bits per heavy atom. The van der Waals surface area contributed by atoms with Crippen LogP contribution in [0.1, 0.15) is 42.9 Å². The summed E-state index contributed by atoms with van der Waals surface area (Å²) >= 11 is 0. The van der Waals surface area contributed by atoms with Crippen molar-refractivity contribution in [2.75, 3.05) is 0 Å². The van der Waals surface area contributed by atoms with E-state index in [9.17, 15) is 23.1 Å². The zero-order valence-corrected chi connectivity index (χ0v) is 19.3. The predicted octanol–water partition coefficient (Wildman–Crippen LogP) is 6.58. The van der Waals surface area contributed by atoms with Crippen LogP contribution in [-0.4, -0.2) is 9.79 Å². The molecule has 0 saturated heterocycles. The topological polar surface area (TPSA) is 66.8 Å². The summed E-state index contributed by atoms with van der Waals surface area (Å²) in [5.41, 5.74) is 2.39. The highest BCUT2D eigenvalue weighted by molar-refractivity contribution is 7.60. The third-order valence-corrected chi connectivity index (χ3v) is 6.29. The first kappa shape index (κ1) is 24.1. The number of rotatable bonds is 8. The first-order valence-electron chi connectivity index (χ1n) is 10.5. The standard InChI is InChI=1S/C25H27F2O4P/c1-4-5-6-7-18-8-9-19(14-23(18)26)22-11-10-20(15-24(22)27)31-25-16(2)12-21(13-17(25)3)32(28,29)30/h8-15H,4-7H2,1-3H3,(H2,28,29,30). The Hall–Kier alpha value is -2.53. The number of halogens is 2. The molecule has 4 nitrogen and oxygen atoms in total. The molecule has 0 fully saturated rings. The van der Waals surface area contributed by atoms with Gasteiger partial charge in [-0.15, -0.1) is 0 Å². The molecule has 3 rings (SSSR count). The zero-order valence-electron chi connectivity index (χ0n) is 18.4. The van der Waals surface area contributed by atoms with Crippen LogP contribution in [0.2, 0.25) is 0 Å². The van der Waals surface area contributed by atoms with E-state index in [1.54, 1.807) is 32.0 Å². The molecule has 0 aliphatic heterocycles. The van der Waals surface area contributed by atoms with Crippen molar-refractivity contribution in [3.63, 3.8) is 0 Å². The Labute approximate surface area is 187 Å². The van der Waals surface area contributed by atoms with E-state index >= 15 is 0 Å². The molecule has 0 aliphatic carbocycles. The highest BCUT2D eigenvalue weighted by atomic mass is 31.2. The number of unbranched alkanes of at least 4 members (excludes halogenated alkanes) is 2. The summed E-state index contributed by atoms with van der Waals surface area (Å²) in [6.45, 7) is 5.42. The Morgan fingerprint density at radius 3 is 2.16 bits per heavy atom. The van der Waals surface area contributed by atoms with Gasteiger partial charge in [0.2, 0.25) is 0 Å². The highest BCUT2D eigenvalue weighted by Crippen LogP contribution is 2.38. The maximum Gasteiger partial charge on any atom is 0.356 e. The van der Waals surface area contributed by atoms with Crippen molar-refractivity contribution < 1.29 is 27.9 Å². The number of benzene rings is 3. The molecule has 0 atom stereocenters. The van der Waals surface area contributed by atoms with E-state index < -0.39 is 13.4 Å². The third kappa shape index (κ3) is 5.63. The van der Waals surface area contributed by atoms with Crippen LogP contribution in [0.15, 0.2) is 48.5 Å². The quantitative estimate of drug-likeness (QED) is 0.295. The number of aryl methyl sites for hydroxylation is 3. The van der Waals surface area contributed by atoms with Gasteiger partial charge < -0.3 is 14.5 Å². The third-order valence-electron chi connectivity index (χ3n) is 5.36. The molecule has 0 aliphatic rings. The van der Waals surface area contributed by atoms with E-state index in [1.807, 2.05) is 0 Å². The average Bonchev–Trinajstić information content (AvgIpc) is 2.71. The molecule has 32 heavy (non-hydrogen) atoms. The van der Waals surface area contributed by atoms with Crippen LogP contribution >= 0.6 is 7.60 Å². The molecule has 0 unspecified atom stereocenters. The lowest BCUT2D eigenvalue weighted by Crippen LogP contribution is -2.07. The van der Waals surface area contributed by atoms with Gasteiger partial charge >= 0.3 is 7.60 Å². The van der Waals surface area contributed by atoms with Gasteiger partial charge in [0, 0.05) is 11.6 Å². The molecule has 0 heterocycles. The molecule has 0 amide bonds. The van der Waals surface area contributed by atoms with Crippen molar-refractivity contribution >= 4 is 12.9 Å². The van der Waals surface area contributed by atoms with E-state index in [1.165, 1.54) is 30.3 Å². The van der Waals surface area contributed by atoms with Crippen LogP contribution in [0.5, 0.6) is 11.5 Å². The maximum atomic E-state index is 14.8. The Morgan fingerprint density at radius 1 is 0.906 bits per heavy atom. The van der Waals surface area contributed by atoms with Crippen LogP contribution < -0.4 is 10.0 Å². The zero-order chi connectivity index (χ0) is 23.5. The van der Waals surface area contributed by atoms with Gasteiger partial charge in [-0.25, -0.2) is 8.78 Å². The lowest BCUT2D eigenvalue weighted by atomic mass is 10.00. The molecule has 170 valence electrons. The van der Waals surface area contributed by atoms with Crippen LogP contribution in [0, 0.1) is 25.5 Å². The Balaban J connectivity index is 1.83. The summed E-state index contributed by atoms with van der Waals surface area (Å²) in [5.74, 6) is -0.257. The molecule has 7 heteroatoms. The van der Waals surface area contributed by atoms with Crippen molar-refractivity contribution in [1.82, 2.24) is 0 Å². The van der Waals surface area contributed by atoms with E-state index in [0.717, 1.165) is 19.3 Å². The van der Waals surface area contributed by atoms with Gasteiger partial charge in [-0.05, 0) is 79.3 Å².